The molecule has 0 aliphatic rings. The quantitative estimate of drug-likeness (QED) is 0.718. The Morgan fingerprint density at radius 2 is 2.12 bits per heavy atom. The Bertz CT molecular complexity index is 859. The normalized spacial score (nSPS) is 10.7. The van der Waals surface area contributed by atoms with Crippen LogP contribution in [0.5, 0.6) is 5.75 Å². The summed E-state index contributed by atoms with van der Waals surface area (Å²) < 4.78 is 5.15. The number of nitrogens with zero attached hydrogens (tertiary/aromatic N) is 2. The molecule has 5 nitrogen and oxygen atoms in total. The minimum absolute atomic E-state index is 0.236. The van der Waals surface area contributed by atoms with E-state index in [0.717, 1.165) is 22.7 Å². The lowest BCUT2D eigenvalue weighted by Crippen LogP contribution is -2.07. The van der Waals surface area contributed by atoms with Crippen LogP contribution in [0, 0.1) is 0 Å². The summed E-state index contributed by atoms with van der Waals surface area (Å²) in [4.78, 5) is 20.6. The summed E-state index contributed by atoms with van der Waals surface area (Å²) in [5, 5.41) is 5.16. The molecule has 0 atom stereocenters. The van der Waals surface area contributed by atoms with Crippen molar-refractivity contribution < 1.29 is 9.53 Å². The van der Waals surface area contributed by atoms with E-state index in [-0.39, 0.29) is 5.91 Å². The third-order valence-corrected chi connectivity index (χ3v) is 3.94. The fraction of sp³-hybridized carbons (Fsp3) is 0.0556. The fourth-order valence-electron chi connectivity index (χ4n) is 2.03. The van der Waals surface area contributed by atoms with Crippen molar-refractivity contribution in [1.82, 2.24) is 9.97 Å². The second-order valence-corrected chi connectivity index (χ2v) is 5.71. The molecule has 24 heavy (non-hydrogen) atoms. The first-order valence-electron chi connectivity index (χ1n) is 7.24. The number of pyridine rings is 1. The van der Waals surface area contributed by atoms with Gasteiger partial charge in [0.25, 0.3) is 0 Å². The van der Waals surface area contributed by atoms with Crippen LogP contribution >= 0.6 is 11.3 Å². The molecule has 0 bridgehead atoms. The van der Waals surface area contributed by atoms with Gasteiger partial charge in [0.2, 0.25) is 5.91 Å². The molecule has 6 heteroatoms. The minimum Gasteiger partial charge on any atom is -0.497 e. The first kappa shape index (κ1) is 15.9. The lowest BCUT2D eigenvalue weighted by atomic mass is 10.2. The third kappa shape index (κ3) is 4.05. The molecule has 0 fully saturated rings. The zero-order chi connectivity index (χ0) is 16.8. The predicted octanol–water partition coefficient (Wildman–Crippen LogP) is 3.87. The van der Waals surface area contributed by atoms with Crippen molar-refractivity contribution in [3.05, 3.63) is 65.7 Å². The number of carbonyl (C=O) groups excluding carboxylic acids is 1. The molecule has 3 aromatic rings. The third-order valence-electron chi connectivity index (χ3n) is 3.18. The number of hydrogen-bond acceptors (Lipinski definition) is 5. The molecule has 2 aromatic heterocycles. The average Bonchev–Trinajstić information content (AvgIpc) is 3.09. The lowest BCUT2D eigenvalue weighted by molar-refractivity contribution is -0.111. The Balaban J connectivity index is 1.65. The molecule has 1 amide bonds. The number of rotatable bonds is 5. The summed E-state index contributed by atoms with van der Waals surface area (Å²) in [7, 11) is 1.61. The van der Waals surface area contributed by atoms with Gasteiger partial charge in [-0.15, -0.1) is 11.3 Å². The van der Waals surface area contributed by atoms with E-state index in [9.17, 15) is 4.79 Å². The second kappa shape index (κ2) is 7.52. The molecule has 3 rings (SSSR count). The Kier molecular flexibility index (Phi) is 4.98. The SMILES string of the molecule is COc1cccc(/C=C\C(=O)Nc2nc(-c3ccccn3)cs2)c1. The summed E-state index contributed by atoms with van der Waals surface area (Å²) in [5.74, 6) is 0.511. The van der Waals surface area contributed by atoms with Crippen LogP contribution in [0.4, 0.5) is 5.13 Å². The molecule has 1 aromatic carbocycles. The van der Waals surface area contributed by atoms with Crippen LogP contribution in [0.2, 0.25) is 0 Å². The highest BCUT2D eigenvalue weighted by Gasteiger charge is 2.06. The molecule has 2 heterocycles. The molecule has 0 saturated heterocycles. The van der Waals surface area contributed by atoms with Crippen LogP contribution in [-0.4, -0.2) is 23.0 Å². The van der Waals surface area contributed by atoms with E-state index in [1.54, 1.807) is 19.4 Å². The van der Waals surface area contributed by atoms with Crippen LogP contribution in [-0.2, 0) is 4.79 Å². The van der Waals surface area contributed by atoms with Crippen LogP contribution in [0.1, 0.15) is 5.56 Å². The molecule has 0 unspecified atom stereocenters. The van der Waals surface area contributed by atoms with Crippen molar-refractivity contribution in [2.75, 3.05) is 12.4 Å². The van der Waals surface area contributed by atoms with Gasteiger partial charge in [0, 0.05) is 17.7 Å². The van der Waals surface area contributed by atoms with Crippen LogP contribution in [0.3, 0.4) is 0 Å². The van der Waals surface area contributed by atoms with Gasteiger partial charge in [-0.1, -0.05) is 18.2 Å². The maximum absolute atomic E-state index is 12.0. The lowest BCUT2D eigenvalue weighted by Gasteiger charge is -2.00. The van der Waals surface area contributed by atoms with Crippen molar-refractivity contribution in [2.45, 2.75) is 0 Å². The molecule has 1 N–H and O–H groups in total. The summed E-state index contributed by atoms with van der Waals surface area (Å²) in [6.45, 7) is 0. The molecular formula is C18H15N3O2S. The summed E-state index contributed by atoms with van der Waals surface area (Å²) in [6, 6.07) is 13.1. The predicted molar refractivity (Wildman–Crippen MR) is 96.0 cm³/mol. The molecule has 0 radical (unpaired) electrons. The Morgan fingerprint density at radius 1 is 1.21 bits per heavy atom. The Labute approximate surface area is 143 Å². The smallest absolute Gasteiger partial charge is 0.250 e. The zero-order valence-electron chi connectivity index (χ0n) is 13.0. The van der Waals surface area contributed by atoms with Gasteiger partial charge in [0.05, 0.1) is 12.8 Å². The summed E-state index contributed by atoms with van der Waals surface area (Å²) >= 11 is 1.36. The number of nitrogens with one attached hydrogen (secondary N) is 1. The highest BCUT2D eigenvalue weighted by atomic mass is 32.1. The van der Waals surface area contributed by atoms with Gasteiger partial charge in [-0.05, 0) is 35.9 Å². The largest absolute Gasteiger partial charge is 0.497 e. The van der Waals surface area contributed by atoms with E-state index in [4.69, 9.17) is 4.74 Å². The van der Waals surface area contributed by atoms with E-state index in [1.807, 2.05) is 47.8 Å². The van der Waals surface area contributed by atoms with Crippen molar-refractivity contribution >= 4 is 28.5 Å². The number of amides is 1. The highest BCUT2D eigenvalue weighted by molar-refractivity contribution is 7.14. The fourth-order valence-corrected chi connectivity index (χ4v) is 2.73. The standard InChI is InChI=1S/C18H15N3O2S/c1-23-14-6-4-5-13(11-14)8-9-17(22)21-18-20-16(12-24-18)15-7-2-3-10-19-15/h2-12H,1H3,(H,20,21,22)/b9-8-. The van der Waals surface area contributed by atoms with Crippen molar-refractivity contribution in [3.8, 4) is 17.1 Å². The summed E-state index contributed by atoms with van der Waals surface area (Å²) in [6.07, 6.45) is 4.91. The van der Waals surface area contributed by atoms with Gasteiger partial charge in [-0.2, -0.15) is 0 Å². The van der Waals surface area contributed by atoms with Gasteiger partial charge in [0.1, 0.15) is 11.4 Å². The first-order chi connectivity index (χ1) is 11.7. The average molecular weight is 337 g/mol. The maximum atomic E-state index is 12.0. The van der Waals surface area contributed by atoms with Crippen LogP contribution < -0.4 is 10.1 Å². The van der Waals surface area contributed by atoms with Crippen LogP contribution in [0.25, 0.3) is 17.5 Å². The van der Waals surface area contributed by atoms with E-state index in [0.29, 0.717) is 5.13 Å². The number of thiazole rings is 1. The Morgan fingerprint density at radius 3 is 2.92 bits per heavy atom. The molecule has 0 aliphatic heterocycles. The van der Waals surface area contributed by atoms with Gasteiger partial charge in [-0.25, -0.2) is 4.98 Å². The minimum atomic E-state index is -0.236. The van der Waals surface area contributed by atoms with Crippen molar-refractivity contribution in [2.24, 2.45) is 0 Å². The number of anilines is 1. The van der Waals surface area contributed by atoms with Crippen LogP contribution in [0.15, 0.2) is 60.1 Å². The molecular weight excluding hydrogens is 322 g/mol. The molecule has 0 spiro atoms. The highest BCUT2D eigenvalue weighted by Crippen LogP contribution is 2.23. The Hall–Kier alpha value is -2.99. The number of benzene rings is 1. The van der Waals surface area contributed by atoms with Gasteiger partial charge < -0.3 is 4.74 Å². The maximum Gasteiger partial charge on any atom is 0.250 e. The number of methoxy groups -OCH3 is 1. The van der Waals surface area contributed by atoms with Crippen molar-refractivity contribution in [3.63, 3.8) is 0 Å². The number of carbonyl (C=O) groups is 1. The zero-order valence-corrected chi connectivity index (χ0v) is 13.8. The van der Waals surface area contributed by atoms with E-state index >= 15 is 0 Å². The molecule has 0 aliphatic carbocycles. The topological polar surface area (TPSA) is 64.1 Å². The van der Waals surface area contributed by atoms with Gasteiger partial charge in [0.15, 0.2) is 5.13 Å². The number of aromatic nitrogens is 2. The van der Waals surface area contributed by atoms with Gasteiger partial charge >= 0.3 is 0 Å². The number of ether oxygens (including phenoxy) is 1. The summed E-state index contributed by atoms with van der Waals surface area (Å²) in [5.41, 5.74) is 2.41. The van der Waals surface area contributed by atoms with Crippen molar-refractivity contribution in [1.29, 1.82) is 0 Å². The first-order valence-corrected chi connectivity index (χ1v) is 8.12. The van der Waals surface area contributed by atoms with E-state index in [2.05, 4.69) is 15.3 Å². The monoisotopic (exact) mass is 337 g/mol. The number of hydrogen-bond donors (Lipinski definition) is 1. The second-order valence-electron chi connectivity index (χ2n) is 4.85. The molecule has 0 saturated carbocycles. The molecule has 120 valence electrons. The van der Waals surface area contributed by atoms with E-state index in [1.165, 1.54) is 17.4 Å². The van der Waals surface area contributed by atoms with E-state index < -0.39 is 0 Å². The van der Waals surface area contributed by atoms with Gasteiger partial charge in [-0.3, -0.25) is 15.1 Å².